The smallest absolute Gasteiger partial charge is 0.191 e. The van der Waals surface area contributed by atoms with Gasteiger partial charge in [0.15, 0.2) is 15.8 Å². The number of guanidine groups is 1. The van der Waals surface area contributed by atoms with Crippen LogP contribution in [0.4, 0.5) is 0 Å². The molecule has 0 amide bonds. The van der Waals surface area contributed by atoms with Crippen molar-refractivity contribution < 1.29 is 13.2 Å². The van der Waals surface area contributed by atoms with Gasteiger partial charge in [0.05, 0.1) is 25.5 Å². The summed E-state index contributed by atoms with van der Waals surface area (Å²) >= 11 is 0. The third-order valence-corrected chi connectivity index (χ3v) is 4.12. The maximum absolute atomic E-state index is 11.5. The second kappa shape index (κ2) is 8.68. The fourth-order valence-corrected chi connectivity index (χ4v) is 3.04. The van der Waals surface area contributed by atoms with Crippen LogP contribution in [0.5, 0.6) is 0 Å². The van der Waals surface area contributed by atoms with E-state index in [-0.39, 0.29) is 29.7 Å². The van der Waals surface area contributed by atoms with Crippen LogP contribution in [0, 0.1) is 0 Å². The van der Waals surface area contributed by atoms with Gasteiger partial charge in [-0.3, -0.25) is 0 Å². The van der Waals surface area contributed by atoms with E-state index >= 15 is 0 Å². The Labute approximate surface area is 148 Å². The number of rotatable bonds is 4. The van der Waals surface area contributed by atoms with Gasteiger partial charge in [-0.05, 0) is 11.1 Å². The van der Waals surface area contributed by atoms with Crippen LogP contribution in [0.2, 0.25) is 0 Å². The second-order valence-electron chi connectivity index (χ2n) is 5.11. The number of morpholine rings is 1. The molecule has 1 heterocycles. The normalized spacial score (nSPS) is 16.2. The van der Waals surface area contributed by atoms with Gasteiger partial charge >= 0.3 is 0 Å². The summed E-state index contributed by atoms with van der Waals surface area (Å²) in [6, 6.07) is 7.41. The lowest BCUT2D eigenvalue weighted by molar-refractivity contribution is 0.0674. The zero-order valence-electron chi connectivity index (χ0n) is 12.6. The van der Waals surface area contributed by atoms with Crippen LogP contribution < -0.4 is 5.73 Å². The number of nitrogens with two attached hydrogens (primary N) is 1. The zero-order chi connectivity index (χ0) is 15.3. The first-order valence-corrected chi connectivity index (χ1v) is 8.89. The Kier molecular flexibility index (Phi) is 7.57. The average molecular weight is 439 g/mol. The Morgan fingerprint density at radius 2 is 1.86 bits per heavy atom. The van der Waals surface area contributed by atoms with Gasteiger partial charge in [-0.2, -0.15) is 0 Å². The minimum atomic E-state index is -3.07. The summed E-state index contributed by atoms with van der Waals surface area (Å²) in [6.07, 6.45) is 1.23. The van der Waals surface area contributed by atoms with E-state index < -0.39 is 9.84 Å². The molecule has 1 aliphatic heterocycles. The third-order valence-electron chi connectivity index (χ3n) is 3.28. The molecular weight excluding hydrogens is 417 g/mol. The second-order valence-corrected chi connectivity index (χ2v) is 7.25. The van der Waals surface area contributed by atoms with Gasteiger partial charge in [0, 0.05) is 19.3 Å². The van der Waals surface area contributed by atoms with E-state index in [1.807, 2.05) is 29.2 Å². The number of sulfone groups is 1. The number of ether oxygens (including phenoxy) is 1. The SMILES string of the molecule is CS(=O)(=O)Cc1ccccc1CN=C(N)N1CCOCC1.I. The fraction of sp³-hybridized carbons (Fsp3) is 0.500. The highest BCUT2D eigenvalue weighted by Gasteiger charge is 2.13. The maximum Gasteiger partial charge on any atom is 0.191 e. The standard InChI is InChI=1S/C14H21N3O3S.HI/c1-21(18,19)11-13-5-3-2-4-12(13)10-16-14(15)17-6-8-20-9-7-17;/h2-5H,6-11H2,1H3,(H2,15,16);1H. The number of halogens is 1. The Morgan fingerprint density at radius 3 is 2.45 bits per heavy atom. The minimum absolute atomic E-state index is 0. The van der Waals surface area contributed by atoms with Gasteiger partial charge < -0.3 is 15.4 Å². The number of nitrogens with zero attached hydrogens (tertiary/aromatic N) is 2. The van der Waals surface area contributed by atoms with Crippen molar-refractivity contribution in [2.75, 3.05) is 32.6 Å². The van der Waals surface area contributed by atoms with Gasteiger partial charge in [0.2, 0.25) is 0 Å². The summed E-state index contributed by atoms with van der Waals surface area (Å²) in [5.74, 6) is 0.503. The highest BCUT2D eigenvalue weighted by atomic mass is 127. The molecule has 8 heteroatoms. The lowest BCUT2D eigenvalue weighted by atomic mass is 10.1. The summed E-state index contributed by atoms with van der Waals surface area (Å²) in [5, 5.41) is 0. The van der Waals surface area contributed by atoms with Gasteiger partial charge in [0.1, 0.15) is 0 Å². The molecule has 0 bridgehead atoms. The zero-order valence-corrected chi connectivity index (χ0v) is 15.7. The first-order valence-electron chi connectivity index (χ1n) is 6.83. The molecule has 0 unspecified atom stereocenters. The Balaban J connectivity index is 0.00000242. The van der Waals surface area contributed by atoms with Crippen LogP contribution in [0.1, 0.15) is 11.1 Å². The summed E-state index contributed by atoms with van der Waals surface area (Å²) in [5.41, 5.74) is 7.64. The van der Waals surface area contributed by atoms with Crippen molar-refractivity contribution >= 4 is 39.8 Å². The quantitative estimate of drug-likeness (QED) is 0.430. The maximum atomic E-state index is 11.5. The van der Waals surface area contributed by atoms with Crippen molar-refractivity contribution in [1.82, 2.24) is 4.90 Å². The van der Waals surface area contributed by atoms with Gasteiger partial charge in [-0.25, -0.2) is 13.4 Å². The Bertz CT molecular complexity index is 614. The molecular formula is C14H22IN3O3S. The average Bonchev–Trinajstić information content (AvgIpc) is 2.45. The number of benzene rings is 1. The molecule has 124 valence electrons. The lowest BCUT2D eigenvalue weighted by Gasteiger charge is -2.27. The molecule has 6 nitrogen and oxygen atoms in total. The van der Waals surface area contributed by atoms with E-state index in [2.05, 4.69) is 4.99 Å². The van der Waals surface area contributed by atoms with Crippen molar-refractivity contribution in [3.8, 4) is 0 Å². The van der Waals surface area contributed by atoms with Crippen LogP contribution in [-0.2, 0) is 26.9 Å². The molecule has 1 saturated heterocycles. The van der Waals surface area contributed by atoms with Crippen molar-refractivity contribution in [2.45, 2.75) is 12.3 Å². The number of hydrogen-bond acceptors (Lipinski definition) is 4. The summed E-state index contributed by atoms with van der Waals surface area (Å²) < 4.78 is 28.2. The molecule has 0 aromatic heterocycles. The van der Waals surface area contributed by atoms with E-state index in [0.717, 1.165) is 24.2 Å². The molecule has 2 N–H and O–H groups in total. The minimum Gasteiger partial charge on any atom is -0.378 e. The number of aliphatic imine (C=N–C) groups is 1. The molecule has 0 atom stereocenters. The molecule has 1 fully saturated rings. The molecule has 1 aliphatic rings. The van der Waals surface area contributed by atoms with Crippen LogP contribution in [0.15, 0.2) is 29.3 Å². The molecule has 0 saturated carbocycles. The van der Waals surface area contributed by atoms with Crippen LogP contribution in [0.3, 0.4) is 0 Å². The van der Waals surface area contributed by atoms with Crippen LogP contribution >= 0.6 is 24.0 Å². The first kappa shape index (κ1) is 19.2. The summed E-state index contributed by atoms with van der Waals surface area (Å²) in [7, 11) is -3.07. The van der Waals surface area contributed by atoms with Gasteiger partial charge in [-0.1, -0.05) is 24.3 Å². The van der Waals surface area contributed by atoms with Crippen LogP contribution in [0.25, 0.3) is 0 Å². The number of hydrogen-bond donors (Lipinski definition) is 1. The highest BCUT2D eigenvalue weighted by molar-refractivity contribution is 14.0. The fourth-order valence-electron chi connectivity index (χ4n) is 2.19. The highest BCUT2D eigenvalue weighted by Crippen LogP contribution is 2.13. The van der Waals surface area contributed by atoms with E-state index in [9.17, 15) is 8.42 Å². The molecule has 1 aromatic carbocycles. The van der Waals surface area contributed by atoms with Crippen molar-refractivity contribution in [3.63, 3.8) is 0 Å². The van der Waals surface area contributed by atoms with E-state index in [4.69, 9.17) is 10.5 Å². The van der Waals surface area contributed by atoms with E-state index in [0.29, 0.717) is 25.7 Å². The lowest BCUT2D eigenvalue weighted by Crippen LogP contribution is -2.44. The Morgan fingerprint density at radius 1 is 1.27 bits per heavy atom. The largest absolute Gasteiger partial charge is 0.378 e. The van der Waals surface area contributed by atoms with Crippen molar-refractivity contribution in [2.24, 2.45) is 10.7 Å². The topological polar surface area (TPSA) is 85.0 Å². The predicted molar refractivity (Wildman–Crippen MR) is 98.1 cm³/mol. The molecule has 1 aromatic rings. The monoisotopic (exact) mass is 439 g/mol. The van der Waals surface area contributed by atoms with Crippen molar-refractivity contribution in [1.29, 1.82) is 0 Å². The molecule has 0 spiro atoms. The van der Waals surface area contributed by atoms with Gasteiger partial charge in [0.25, 0.3) is 0 Å². The molecule has 22 heavy (non-hydrogen) atoms. The predicted octanol–water partition coefficient (Wildman–Crippen LogP) is 0.996. The summed E-state index contributed by atoms with van der Waals surface area (Å²) in [4.78, 5) is 6.35. The molecule has 0 aliphatic carbocycles. The first-order chi connectivity index (χ1) is 9.96. The van der Waals surface area contributed by atoms with Crippen molar-refractivity contribution in [3.05, 3.63) is 35.4 Å². The molecule has 0 radical (unpaired) electrons. The Hall–Kier alpha value is -0.870. The van der Waals surface area contributed by atoms with Crippen LogP contribution in [-0.4, -0.2) is 51.8 Å². The third kappa shape index (κ3) is 6.09. The van der Waals surface area contributed by atoms with E-state index in [1.54, 1.807) is 0 Å². The van der Waals surface area contributed by atoms with Gasteiger partial charge in [-0.15, -0.1) is 24.0 Å². The summed E-state index contributed by atoms with van der Waals surface area (Å²) in [6.45, 7) is 3.16. The molecule has 2 rings (SSSR count). The van der Waals surface area contributed by atoms with E-state index in [1.165, 1.54) is 6.26 Å².